The number of anilines is 2. The maximum atomic E-state index is 12.5. The number of nitrogens with two attached hydrogens (primary N) is 1. The molecule has 1 spiro atoms. The van der Waals surface area contributed by atoms with E-state index in [0.29, 0.717) is 30.0 Å². The molecular formula is C16H12N4O. The second-order valence-corrected chi connectivity index (χ2v) is 5.58. The highest BCUT2D eigenvalue weighted by Crippen LogP contribution is 2.47. The topological polar surface area (TPSA) is 72.4 Å². The van der Waals surface area contributed by atoms with Gasteiger partial charge in [-0.2, -0.15) is 0 Å². The third kappa shape index (κ3) is 1.44. The molecule has 0 radical (unpaired) electrons. The van der Waals surface area contributed by atoms with Crippen molar-refractivity contribution in [3.8, 4) is 0 Å². The molecular weight excluding hydrogens is 264 g/mol. The molecule has 2 aliphatic rings. The Kier molecular flexibility index (Phi) is 2.17. The molecule has 21 heavy (non-hydrogen) atoms. The van der Waals surface area contributed by atoms with Crippen LogP contribution in [0.1, 0.15) is 16.7 Å². The monoisotopic (exact) mass is 276 g/mol. The van der Waals surface area contributed by atoms with Crippen LogP contribution in [0, 0.1) is 6.57 Å². The summed E-state index contributed by atoms with van der Waals surface area (Å²) in [5.41, 5.74) is 9.24. The normalized spacial score (nSPS) is 21.8. The van der Waals surface area contributed by atoms with Crippen LogP contribution >= 0.6 is 0 Å². The molecule has 1 atom stereocenters. The molecule has 5 nitrogen and oxygen atoms in total. The summed E-state index contributed by atoms with van der Waals surface area (Å²) >= 11 is 0. The minimum Gasteiger partial charge on any atom is -0.407 e. The van der Waals surface area contributed by atoms with Crippen LogP contribution < -0.4 is 11.1 Å². The quantitative estimate of drug-likeness (QED) is 0.572. The third-order valence-electron chi connectivity index (χ3n) is 4.44. The van der Waals surface area contributed by atoms with Crippen molar-refractivity contribution in [1.29, 1.82) is 0 Å². The maximum absolute atomic E-state index is 12.5. The van der Waals surface area contributed by atoms with Gasteiger partial charge in [0, 0.05) is 17.4 Å². The molecule has 0 unspecified atom stereocenters. The van der Waals surface area contributed by atoms with Crippen molar-refractivity contribution in [3.63, 3.8) is 0 Å². The predicted molar refractivity (Wildman–Crippen MR) is 79.1 cm³/mol. The number of rotatable bonds is 0. The highest BCUT2D eigenvalue weighted by atomic mass is 16.2. The van der Waals surface area contributed by atoms with Crippen LogP contribution in [-0.4, -0.2) is 10.9 Å². The summed E-state index contributed by atoms with van der Waals surface area (Å²) in [6.07, 6.45) is 2.88. The lowest BCUT2D eigenvalue weighted by molar-refractivity contribution is -0.120. The molecule has 0 fully saturated rings. The first kappa shape index (κ1) is 11.9. The molecule has 102 valence electrons. The van der Waals surface area contributed by atoms with Gasteiger partial charge in [-0.15, -0.1) is 0 Å². The number of nitrogens with one attached hydrogen (secondary N) is 1. The van der Waals surface area contributed by atoms with Crippen LogP contribution in [-0.2, 0) is 23.1 Å². The number of carbonyl (C=O) groups excluding carboxylic acids is 1. The summed E-state index contributed by atoms with van der Waals surface area (Å²) < 4.78 is 0. The van der Waals surface area contributed by atoms with E-state index in [4.69, 9.17) is 12.3 Å². The van der Waals surface area contributed by atoms with Gasteiger partial charge in [-0.1, -0.05) is 17.7 Å². The van der Waals surface area contributed by atoms with Crippen molar-refractivity contribution >= 4 is 23.1 Å². The van der Waals surface area contributed by atoms with Gasteiger partial charge in [-0.25, -0.2) is 9.83 Å². The van der Waals surface area contributed by atoms with Crippen LogP contribution in [0.4, 0.5) is 17.2 Å². The molecule has 1 aliphatic carbocycles. The molecule has 0 saturated carbocycles. The van der Waals surface area contributed by atoms with Gasteiger partial charge in [-0.3, -0.25) is 4.79 Å². The summed E-state index contributed by atoms with van der Waals surface area (Å²) in [7, 11) is 0. The second kappa shape index (κ2) is 3.83. The Bertz CT molecular complexity index is 837. The minimum atomic E-state index is -0.598. The zero-order chi connectivity index (χ0) is 14.6. The van der Waals surface area contributed by atoms with Gasteiger partial charge in [0.1, 0.15) is 5.82 Å². The van der Waals surface area contributed by atoms with E-state index in [-0.39, 0.29) is 5.91 Å². The Balaban J connectivity index is 1.87. The van der Waals surface area contributed by atoms with Crippen LogP contribution in [0.5, 0.6) is 0 Å². The average Bonchev–Trinajstić information content (AvgIpc) is 2.97. The Morgan fingerprint density at radius 2 is 2.10 bits per heavy atom. The molecule has 1 aromatic heterocycles. The van der Waals surface area contributed by atoms with Gasteiger partial charge >= 0.3 is 0 Å². The first-order valence-electron chi connectivity index (χ1n) is 6.70. The van der Waals surface area contributed by atoms with E-state index in [1.54, 1.807) is 6.20 Å². The molecule has 3 N–H and O–H groups in total. The number of aromatic nitrogens is 1. The van der Waals surface area contributed by atoms with Crippen LogP contribution in [0.3, 0.4) is 0 Å². The Morgan fingerprint density at radius 1 is 1.33 bits per heavy atom. The van der Waals surface area contributed by atoms with E-state index in [2.05, 4.69) is 15.1 Å². The summed E-state index contributed by atoms with van der Waals surface area (Å²) in [6.45, 7) is 7.16. The number of pyridine rings is 1. The van der Waals surface area contributed by atoms with E-state index in [1.165, 1.54) is 0 Å². The Labute approximate surface area is 121 Å². The summed E-state index contributed by atoms with van der Waals surface area (Å²) in [5.74, 6) is 0.629. The molecule has 2 heterocycles. The smallest absolute Gasteiger partial charge is 0.237 e. The average molecular weight is 276 g/mol. The van der Waals surface area contributed by atoms with Gasteiger partial charge < -0.3 is 11.1 Å². The number of nitrogen functional groups attached to an aromatic ring is 1. The van der Waals surface area contributed by atoms with E-state index >= 15 is 0 Å². The number of nitrogens with zero attached hydrogens (tertiary/aromatic N) is 2. The highest BCUT2D eigenvalue weighted by Gasteiger charge is 2.51. The lowest BCUT2D eigenvalue weighted by Crippen LogP contribution is -2.35. The zero-order valence-corrected chi connectivity index (χ0v) is 11.2. The summed E-state index contributed by atoms with van der Waals surface area (Å²) in [6, 6.07) is 7.45. The van der Waals surface area contributed by atoms with E-state index in [9.17, 15) is 4.79 Å². The molecule has 0 saturated heterocycles. The van der Waals surface area contributed by atoms with Crippen molar-refractivity contribution in [1.82, 2.24) is 4.98 Å². The largest absolute Gasteiger partial charge is 0.407 e. The molecule has 1 aromatic carbocycles. The lowest BCUT2D eigenvalue weighted by atomic mass is 9.79. The third-order valence-corrected chi connectivity index (χ3v) is 4.44. The Morgan fingerprint density at radius 3 is 2.86 bits per heavy atom. The fourth-order valence-electron chi connectivity index (χ4n) is 3.43. The number of benzene rings is 1. The summed E-state index contributed by atoms with van der Waals surface area (Å²) in [5, 5.41) is 2.87. The van der Waals surface area contributed by atoms with Crippen molar-refractivity contribution in [2.75, 3.05) is 11.1 Å². The number of amides is 1. The molecule has 2 aromatic rings. The highest BCUT2D eigenvalue weighted by molar-refractivity contribution is 6.06. The van der Waals surface area contributed by atoms with Crippen molar-refractivity contribution in [3.05, 3.63) is 58.6 Å². The molecule has 1 amide bonds. The van der Waals surface area contributed by atoms with E-state index in [1.807, 2.05) is 24.3 Å². The molecule has 5 heteroatoms. The van der Waals surface area contributed by atoms with Gasteiger partial charge in [0.15, 0.2) is 0 Å². The minimum absolute atomic E-state index is 0.0182. The van der Waals surface area contributed by atoms with Gasteiger partial charge in [0.25, 0.3) is 0 Å². The van der Waals surface area contributed by atoms with Gasteiger partial charge in [-0.05, 0) is 30.5 Å². The number of fused-ring (bicyclic) bond motifs is 3. The van der Waals surface area contributed by atoms with Gasteiger partial charge in [0.05, 0.1) is 12.0 Å². The van der Waals surface area contributed by atoms with Crippen LogP contribution in [0.2, 0.25) is 0 Å². The predicted octanol–water partition coefficient (Wildman–Crippen LogP) is 2.20. The van der Waals surface area contributed by atoms with Crippen LogP contribution in [0.25, 0.3) is 4.85 Å². The molecule has 4 rings (SSSR count). The Hall–Kier alpha value is -2.87. The fourth-order valence-corrected chi connectivity index (χ4v) is 3.43. The SMILES string of the molecule is [C-]#[N+]c1cc2c(cc1N)C[C@@]1(C2)C(=O)Nc2ncccc21. The standard InChI is InChI=1S/C16H12N4O/c1-18-13-6-10-8-16(7-9(10)5-12(13)17)11-3-2-4-19-14(11)20-15(16)21/h2-6H,7-8,17H2,(H,19,20,21)/t16-/m0/s1. The van der Waals surface area contributed by atoms with E-state index in [0.717, 1.165) is 16.7 Å². The van der Waals surface area contributed by atoms with Crippen molar-refractivity contribution in [2.45, 2.75) is 18.3 Å². The van der Waals surface area contributed by atoms with Gasteiger partial charge in [0.2, 0.25) is 11.6 Å². The second-order valence-electron chi connectivity index (χ2n) is 5.58. The lowest BCUT2D eigenvalue weighted by Gasteiger charge is -2.20. The maximum Gasteiger partial charge on any atom is 0.237 e. The van der Waals surface area contributed by atoms with E-state index < -0.39 is 5.41 Å². The number of hydrogen-bond acceptors (Lipinski definition) is 3. The number of carbonyl (C=O) groups is 1. The zero-order valence-electron chi connectivity index (χ0n) is 11.2. The molecule has 1 aliphatic heterocycles. The van der Waals surface area contributed by atoms with Crippen molar-refractivity contribution in [2.24, 2.45) is 0 Å². The fraction of sp³-hybridized carbons (Fsp3) is 0.188. The summed E-state index contributed by atoms with van der Waals surface area (Å²) in [4.78, 5) is 20.2. The number of hydrogen-bond donors (Lipinski definition) is 2. The first-order valence-corrected chi connectivity index (χ1v) is 6.70. The first-order chi connectivity index (χ1) is 10.1. The van der Waals surface area contributed by atoms with Crippen LogP contribution in [0.15, 0.2) is 30.5 Å². The molecule has 0 bridgehead atoms. The van der Waals surface area contributed by atoms with Crippen molar-refractivity contribution < 1.29 is 4.79 Å².